The molecule has 1 aromatic carbocycles. The van der Waals surface area contributed by atoms with Crippen LogP contribution in [0.5, 0.6) is 5.75 Å². The number of hydrogen-bond donors (Lipinski definition) is 4. The molecular weight excluding hydrogens is 360 g/mol. The predicted octanol–water partition coefficient (Wildman–Crippen LogP) is 3.52. The zero-order chi connectivity index (χ0) is 18.8. The number of hydrogen-bond acceptors (Lipinski definition) is 6. The molecule has 2 aromatic heterocycles. The Hall–Kier alpha value is -3.06. The minimum Gasteiger partial charge on any atom is -0.508 e. The third kappa shape index (κ3) is 4.03. The molecule has 5 N–H and O–H groups in total. The van der Waals surface area contributed by atoms with E-state index in [0.29, 0.717) is 17.4 Å². The number of rotatable bonds is 6. The van der Waals surface area contributed by atoms with E-state index < -0.39 is 0 Å². The summed E-state index contributed by atoms with van der Waals surface area (Å²) in [5.74, 6) is 0.730. The minimum absolute atomic E-state index is 0.153. The number of nitrogens with two attached hydrogens (primary N) is 1. The molecular formula is C20H20N4O2S. The molecule has 1 aliphatic rings. The summed E-state index contributed by atoms with van der Waals surface area (Å²) in [6.45, 7) is 0. The predicted molar refractivity (Wildman–Crippen MR) is 107 cm³/mol. The fourth-order valence-electron chi connectivity index (χ4n) is 2.87. The summed E-state index contributed by atoms with van der Waals surface area (Å²) >= 11 is 1.54. The van der Waals surface area contributed by atoms with Crippen molar-refractivity contribution in [1.82, 2.24) is 10.3 Å². The summed E-state index contributed by atoms with van der Waals surface area (Å²) in [6.07, 6.45) is 2.27. The smallest absolute Gasteiger partial charge is 0.255 e. The average molecular weight is 380 g/mol. The molecule has 1 fully saturated rings. The average Bonchev–Trinajstić information content (AvgIpc) is 3.29. The summed E-state index contributed by atoms with van der Waals surface area (Å²) in [4.78, 5) is 18.1. The zero-order valence-corrected chi connectivity index (χ0v) is 15.4. The van der Waals surface area contributed by atoms with Gasteiger partial charge in [0.25, 0.3) is 5.91 Å². The lowest BCUT2D eigenvalue weighted by Gasteiger charge is -2.19. The second-order valence-corrected chi connectivity index (χ2v) is 7.54. The number of aromatic hydroxyl groups is 1. The molecule has 27 heavy (non-hydrogen) atoms. The third-order valence-electron chi connectivity index (χ3n) is 4.41. The van der Waals surface area contributed by atoms with Crippen LogP contribution in [0.2, 0.25) is 0 Å². The van der Waals surface area contributed by atoms with Crippen LogP contribution in [-0.2, 0) is 0 Å². The van der Waals surface area contributed by atoms with E-state index in [9.17, 15) is 9.90 Å². The monoisotopic (exact) mass is 380 g/mol. The summed E-state index contributed by atoms with van der Waals surface area (Å²) < 4.78 is 0. The Balaban J connectivity index is 1.58. The van der Waals surface area contributed by atoms with Crippen LogP contribution >= 0.6 is 11.3 Å². The first-order valence-corrected chi connectivity index (χ1v) is 9.64. The zero-order valence-electron chi connectivity index (χ0n) is 14.6. The van der Waals surface area contributed by atoms with E-state index >= 15 is 0 Å². The number of aromatic nitrogens is 1. The number of amides is 1. The van der Waals surface area contributed by atoms with E-state index in [2.05, 4.69) is 15.6 Å². The van der Waals surface area contributed by atoms with Crippen LogP contribution in [0.25, 0.3) is 0 Å². The van der Waals surface area contributed by atoms with Crippen molar-refractivity contribution >= 4 is 28.9 Å². The van der Waals surface area contributed by atoms with Crippen molar-refractivity contribution in [3.8, 4) is 5.75 Å². The van der Waals surface area contributed by atoms with Crippen LogP contribution in [0.15, 0.2) is 53.9 Å². The van der Waals surface area contributed by atoms with Gasteiger partial charge in [0, 0.05) is 10.9 Å². The number of nitrogen functional groups attached to an aromatic ring is 1. The van der Waals surface area contributed by atoms with Crippen molar-refractivity contribution in [2.45, 2.75) is 24.9 Å². The first-order chi connectivity index (χ1) is 13.1. The number of carbonyl (C=O) groups excluding carboxylic acids is 1. The van der Waals surface area contributed by atoms with Crippen molar-refractivity contribution in [2.24, 2.45) is 0 Å². The Bertz CT molecular complexity index is 954. The lowest BCUT2D eigenvalue weighted by Crippen LogP contribution is -2.29. The van der Waals surface area contributed by atoms with Gasteiger partial charge in [-0.05, 0) is 54.1 Å². The molecule has 1 unspecified atom stereocenters. The molecule has 0 radical (unpaired) electrons. The van der Waals surface area contributed by atoms with Gasteiger partial charge in [-0.25, -0.2) is 4.98 Å². The molecule has 0 spiro atoms. The van der Waals surface area contributed by atoms with Gasteiger partial charge in [0.05, 0.1) is 11.6 Å². The van der Waals surface area contributed by atoms with Gasteiger partial charge < -0.3 is 21.5 Å². The molecule has 1 amide bonds. The van der Waals surface area contributed by atoms with Crippen LogP contribution in [0.3, 0.4) is 0 Å². The van der Waals surface area contributed by atoms with Crippen molar-refractivity contribution in [3.63, 3.8) is 0 Å². The number of pyridine rings is 1. The third-order valence-corrected chi connectivity index (χ3v) is 5.34. The summed E-state index contributed by atoms with van der Waals surface area (Å²) in [5, 5.41) is 18.0. The largest absolute Gasteiger partial charge is 0.508 e. The van der Waals surface area contributed by atoms with Crippen molar-refractivity contribution in [2.75, 3.05) is 11.1 Å². The van der Waals surface area contributed by atoms with E-state index in [4.69, 9.17) is 5.73 Å². The molecule has 1 atom stereocenters. The van der Waals surface area contributed by atoms with Gasteiger partial charge in [-0.15, -0.1) is 11.3 Å². The van der Waals surface area contributed by atoms with Crippen molar-refractivity contribution < 1.29 is 9.90 Å². The SMILES string of the molecule is Nc1nc(NC2CC2)ccc1C(=O)NC(c1cccc(O)c1)c1cccs1. The molecule has 138 valence electrons. The Morgan fingerprint density at radius 2 is 2.07 bits per heavy atom. The summed E-state index contributed by atoms with van der Waals surface area (Å²) in [6, 6.07) is 14.3. The molecule has 4 rings (SSSR count). The summed E-state index contributed by atoms with van der Waals surface area (Å²) in [7, 11) is 0. The molecule has 1 aliphatic carbocycles. The van der Waals surface area contributed by atoms with E-state index in [0.717, 1.165) is 23.3 Å². The molecule has 0 aliphatic heterocycles. The van der Waals surface area contributed by atoms with E-state index in [-0.39, 0.29) is 23.5 Å². The van der Waals surface area contributed by atoms with Crippen molar-refractivity contribution in [3.05, 3.63) is 69.9 Å². The highest BCUT2D eigenvalue weighted by Gasteiger charge is 2.23. The van der Waals surface area contributed by atoms with Gasteiger partial charge in [0.15, 0.2) is 0 Å². The van der Waals surface area contributed by atoms with Crippen LogP contribution in [0.4, 0.5) is 11.6 Å². The Labute approximate surface area is 161 Å². The number of thiophene rings is 1. The highest BCUT2D eigenvalue weighted by Crippen LogP contribution is 2.29. The fraction of sp³-hybridized carbons (Fsp3) is 0.200. The second kappa shape index (κ2) is 7.28. The van der Waals surface area contributed by atoms with Crippen LogP contribution in [0, 0.1) is 0 Å². The molecule has 1 saturated carbocycles. The van der Waals surface area contributed by atoms with Gasteiger partial charge in [0.2, 0.25) is 0 Å². The highest BCUT2D eigenvalue weighted by molar-refractivity contribution is 7.10. The van der Waals surface area contributed by atoms with E-state index in [1.807, 2.05) is 23.6 Å². The standard InChI is InChI=1S/C20H20N4O2S/c21-19-15(8-9-17(23-19)22-13-6-7-13)20(26)24-18(16-5-2-10-27-16)12-3-1-4-14(25)11-12/h1-5,8-11,13,18,25H,6-7H2,(H,24,26)(H3,21,22,23). The number of phenols is 1. The highest BCUT2D eigenvalue weighted by atomic mass is 32.1. The molecule has 2 heterocycles. The molecule has 6 nitrogen and oxygen atoms in total. The van der Waals surface area contributed by atoms with Gasteiger partial charge in [0.1, 0.15) is 17.4 Å². The quantitative estimate of drug-likeness (QED) is 0.524. The Morgan fingerprint density at radius 3 is 2.74 bits per heavy atom. The van der Waals surface area contributed by atoms with Crippen LogP contribution in [-0.4, -0.2) is 22.0 Å². The summed E-state index contributed by atoms with van der Waals surface area (Å²) in [5.41, 5.74) is 7.15. The topological polar surface area (TPSA) is 100 Å². The van der Waals surface area contributed by atoms with E-state index in [1.165, 1.54) is 11.3 Å². The van der Waals surface area contributed by atoms with Crippen molar-refractivity contribution in [1.29, 1.82) is 0 Å². The Morgan fingerprint density at radius 1 is 1.22 bits per heavy atom. The first-order valence-electron chi connectivity index (χ1n) is 8.76. The Kier molecular flexibility index (Phi) is 4.68. The number of phenolic OH excluding ortho intramolecular Hbond substituents is 1. The molecule has 3 aromatic rings. The minimum atomic E-state index is -0.381. The van der Waals surface area contributed by atoms with Crippen LogP contribution in [0.1, 0.15) is 39.7 Å². The van der Waals surface area contributed by atoms with Gasteiger partial charge in [-0.1, -0.05) is 18.2 Å². The molecule has 0 bridgehead atoms. The normalized spacial score (nSPS) is 14.5. The fourth-order valence-corrected chi connectivity index (χ4v) is 3.67. The number of nitrogens with zero attached hydrogens (tertiary/aromatic N) is 1. The number of nitrogens with one attached hydrogen (secondary N) is 2. The maximum atomic E-state index is 12.9. The van der Waals surface area contributed by atoms with Crippen LogP contribution < -0.4 is 16.4 Å². The van der Waals surface area contributed by atoms with Gasteiger partial charge in [-0.3, -0.25) is 4.79 Å². The molecule has 0 saturated heterocycles. The van der Waals surface area contributed by atoms with Gasteiger partial charge >= 0.3 is 0 Å². The van der Waals surface area contributed by atoms with E-state index in [1.54, 1.807) is 30.3 Å². The maximum absolute atomic E-state index is 12.9. The first kappa shape index (κ1) is 17.4. The second-order valence-electron chi connectivity index (χ2n) is 6.56. The number of benzene rings is 1. The lowest BCUT2D eigenvalue weighted by molar-refractivity contribution is 0.0944. The molecule has 7 heteroatoms. The maximum Gasteiger partial charge on any atom is 0.255 e. The number of anilines is 2. The lowest BCUT2D eigenvalue weighted by atomic mass is 10.0. The number of carbonyl (C=O) groups is 1. The van der Waals surface area contributed by atoms with Gasteiger partial charge in [-0.2, -0.15) is 0 Å².